The molecule has 0 amide bonds. The third-order valence-electron chi connectivity index (χ3n) is 2.52. The maximum Gasteiger partial charge on any atom is 0.308 e. The lowest BCUT2D eigenvalue weighted by Gasteiger charge is -2.19. The smallest absolute Gasteiger partial charge is 0.308 e. The molecule has 0 aromatic heterocycles. The van der Waals surface area contributed by atoms with Gasteiger partial charge in [-0.1, -0.05) is 32.9 Å². The van der Waals surface area contributed by atoms with Crippen molar-refractivity contribution in [3.05, 3.63) is 29.8 Å². The van der Waals surface area contributed by atoms with Crippen molar-refractivity contribution in [2.45, 2.75) is 32.6 Å². The number of rotatable bonds is 4. The maximum atomic E-state index is 10.9. The second-order valence-corrected chi connectivity index (χ2v) is 4.95. The molecule has 0 spiro atoms. The summed E-state index contributed by atoms with van der Waals surface area (Å²) in [7, 11) is 1.38. The molecule has 0 saturated heterocycles. The molecule has 0 aliphatic heterocycles. The minimum absolute atomic E-state index is 0.143. The van der Waals surface area contributed by atoms with E-state index in [1.54, 1.807) is 0 Å². The van der Waals surface area contributed by atoms with Gasteiger partial charge in [0, 0.05) is 0 Å². The average Bonchev–Trinajstić information content (AvgIpc) is 2.28. The highest BCUT2D eigenvalue weighted by Gasteiger charge is 2.12. The van der Waals surface area contributed by atoms with Gasteiger partial charge in [0.2, 0.25) is 0 Å². The fraction of sp³-hybridized carbons (Fsp3) is 0.500. The quantitative estimate of drug-likeness (QED) is 0.754. The summed E-state index contributed by atoms with van der Waals surface area (Å²) >= 11 is 0. The lowest BCUT2D eigenvalue weighted by Crippen LogP contribution is -2.11. The van der Waals surface area contributed by atoms with Crippen LogP contribution in [0.15, 0.2) is 24.3 Å². The molecule has 3 heteroatoms. The summed E-state index contributed by atoms with van der Waals surface area (Å²) in [4.78, 5) is 10.9. The Labute approximate surface area is 103 Å². The summed E-state index contributed by atoms with van der Waals surface area (Å²) in [5, 5.41) is 0. The van der Waals surface area contributed by atoms with Gasteiger partial charge >= 0.3 is 5.97 Å². The highest BCUT2D eigenvalue weighted by atomic mass is 16.5. The van der Waals surface area contributed by atoms with Gasteiger partial charge in [0.05, 0.1) is 20.1 Å². The Morgan fingerprint density at radius 3 is 2.24 bits per heavy atom. The van der Waals surface area contributed by atoms with E-state index in [-0.39, 0.29) is 17.8 Å². The number of carbonyl (C=O) groups excluding carboxylic acids is 1. The third-order valence-corrected chi connectivity index (χ3v) is 2.52. The van der Waals surface area contributed by atoms with Crippen LogP contribution in [-0.4, -0.2) is 19.7 Å². The van der Waals surface area contributed by atoms with E-state index in [1.807, 2.05) is 24.3 Å². The van der Waals surface area contributed by atoms with Crippen molar-refractivity contribution in [1.82, 2.24) is 0 Å². The van der Waals surface area contributed by atoms with Crippen LogP contribution in [-0.2, 0) is 14.9 Å². The zero-order valence-electron chi connectivity index (χ0n) is 10.9. The zero-order valence-corrected chi connectivity index (χ0v) is 10.9. The number of esters is 1. The van der Waals surface area contributed by atoms with Crippen molar-refractivity contribution >= 4 is 5.97 Å². The van der Waals surface area contributed by atoms with E-state index in [2.05, 4.69) is 25.5 Å². The first-order valence-corrected chi connectivity index (χ1v) is 5.73. The van der Waals surface area contributed by atoms with Crippen molar-refractivity contribution in [2.24, 2.45) is 0 Å². The average molecular weight is 236 g/mol. The van der Waals surface area contributed by atoms with E-state index in [0.717, 1.165) is 5.75 Å². The van der Waals surface area contributed by atoms with Crippen LogP contribution >= 0.6 is 0 Å². The van der Waals surface area contributed by atoms with E-state index in [4.69, 9.17) is 4.74 Å². The van der Waals surface area contributed by atoms with Crippen molar-refractivity contribution in [1.29, 1.82) is 0 Å². The zero-order chi connectivity index (χ0) is 12.9. The van der Waals surface area contributed by atoms with E-state index in [9.17, 15) is 4.79 Å². The van der Waals surface area contributed by atoms with Crippen LogP contribution in [0.25, 0.3) is 0 Å². The van der Waals surface area contributed by atoms with Crippen LogP contribution in [0, 0.1) is 0 Å². The van der Waals surface area contributed by atoms with Crippen LogP contribution in [0.4, 0.5) is 0 Å². The predicted octanol–water partition coefficient (Wildman–Crippen LogP) is 2.93. The minimum Gasteiger partial charge on any atom is -0.493 e. The van der Waals surface area contributed by atoms with Crippen molar-refractivity contribution in [3.8, 4) is 5.75 Å². The highest BCUT2D eigenvalue weighted by molar-refractivity contribution is 5.69. The number of carbonyl (C=O) groups is 1. The molecule has 0 aliphatic carbocycles. The molecule has 0 radical (unpaired) electrons. The number of benzene rings is 1. The Balaban J connectivity index is 2.49. The van der Waals surface area contributed by atoms with E-state index < -0.39 is 0 Å². The maximum absolute atomic E-state index is 10.9. The van der Waals surface area contributed by atoms with Gasteiger partial charge in [0.1, 0.15) is 5.75 Å². The summed E-state index contributed by atoms with van der Waals surface area (Å²) in [5.41, 5.74) is 1.41. The molecule has 1 aromatic carbocycles. The van der Waals surface area contributed by atoms with Crippen LogP contribution < -0.4 is 4.74 Å². The topological polar surface area (TPSA) is 35.5 Å². The molecule has 94 valence electrons. The summed E-state index contributed by atoms with van der Waals surface area (Å²) < 4.78 is 9.98. The summed E-state index contributed by atoms with van der Waals surface area (Å²) in [6.07, 6.45) is 0.275. The third kappa shape index (κ3) is 4.47. The van der Waals surface area contributed by atoms with Crippen LogP contribution in [0.1, 0.15) is 32.8 Å². The molecular weight excluding hydrogens is 216 g/mol. The molecule has 0 bridgehead atoms. The fourth-order valence-electron chi connectivity index (χ4n) is 1.41. The van der Waals surface area contributed by atoms with E-state index in [0.29, 0.717) is 6.61 Å². The fourth-order valence-corrected chi connectivity index (χ4v) is 1.41. The first-order valence-electron chi connectivity index (χ1n) is 5.73. The molecule has 3 nitrogen and oxygen atoms in total. The highest BCUT2D eigenvalue weighted by Crippen LogP contribution is 2.24. The number of ether oxygens (including phenoxy) is 2. The van der Waals surface area contributed by atoms with Crippen LogP contribution in [0.5, 0.6) is 5.75 Å². The monoisotopic (exact) mass is 236 g/mol. The Hall–Kier alpha value is -1.51. The molecule has 0 unspecified atom stereocenters. The van der Waals surface area contributed by atoms with Gasteiger partial charge in [-0.15, -0.1) is 0 Å². The molecule has 17 heavy (non-hydrogen) atoms. The normalized spacial score (nSPS) is 11.1. The largest absolute Gasteiger partial charge is 0.493 e. The van der Waals surface area contributed by atoms with E-state index in [1.165, 1.54) is 12.7 Å². The number of hydrogen-bond acceptors (Lipinski definition) is 3. The molecule has 0 aliphatic rings. The van der Waals surface area contributed by atoms with Gasteiger partial charge in [0.25, 0.3) is 0 Å². The Bertz CT molecular complexity index is 360. The number of hydrogen-bond donors (Lipinski definition) is 0. The lowest BCUT2D eigenvalue weighted by molar-refractivity contribution is -0.141. The van der Waals surface area contributed by atoms with Crippen molar-refractivity contribution < 1.29 is 14.3 Å². The Morgan fingerprint density at radius 2 is 1.76 bits per heavy atom. The second-order valence-electron chi connectivity index (χ2n) is 4.95. The first kappa shape index (κ1) is 13.6. The van der Waals surface area contributed by atoms with Gasteiger partial charge in [-0.2, -0.15) is 0 Å². The van der Waals surface area contributed by atoms with Crippen LogP contribution in [0.3, 0.4) is 0 Å². The van der Waals surface area contributed by atoms with Gasteiger partial charge < -0.3 is 9.47 Å². The molecular formula is C14H20O3. The standard InChI is InChI=1S/C14H20O3/c1-14(2,3)11-5-7-12(8-6-11)17-10-9-13(15)16-4/h5-8H,9-10H2,1-4H3. The lowest BCUT2D eigenvalue weighted by atomic mass is 9.87. The Kier molecular flexibility index (Phi) is 4.55. The first-order chi connectivity index (χ1) is 7.93. The summed E-state index contributed by atoms with van der Waals surface area (Å²) in [5.74, 6) is 0.526. The molecule has 0 heterocycles. The summed E-state index contributed by atoms with van der Waals surface area (Å²) in [6, 6.07) is 7.96. The molecule has 1 aromatic rings. The second kappa shape index (κ2) is 5.71. The minimum atomic E-state index is -0.253. The van der Waals surface area contributed by atoms with Crippen molar-refractivity contribution in [2.75, 3.05) is 13.7 Å². The van der Waals surface area contributed by atoms with Crippen molar-refractivity contribution in [3.63, 3.8) is 0 Å². The van der Waals surface area contributed by atoms with Gasteiger partial charge in [-0.05, 0) is 23.1 Å². The summed E-state index contributed by atoms with van der Waals surface area (Å²) in [6.45, 7) is 6.85. The predicted molar refractivity (Wildman–Crippen MR) is 67.3 cm³/mol. The number of methoxy groups -OCH3 is 1. The SMILES string of the molecule is COC(=O)CCOc1ccc(C(C)(C)C)cc1. The van der Waals surface area contributed by atoms with Crippen LogP contribution in [0.2, 0.25) is 0 Å². The van der Waals surface area contributed by atoms with Gasteiger partial charge in [-0.3, -0.25) is 4.79 Å². The molecule has 0 saturated carbocycles. The van der Waals surface area contributed by atoms with E-state index >= 15 is 0 Å². The Morgan fingerprint density at radius 1 is 1.18 bits per heavy atom. The van der Waals surface area contributed by atoms with Gasteiger partial charge in [-0.25, -0.2) is 0 Å². The molecule has 1 rings (SSSR count). The molecule has 0 fully saturated rings. The van der Waals surface area contributed by atoms with Gasteiger partial charge in [0.15, 0.2) is 0 Å². The molecule has 0 N–H and O–H groups in total. The molecule has 0 atom stereocenters.